The van der Waals surface area contributed by atoms with E-state index in [1.165, 1.54) is 6.20 Å². The first kappa shape index (κ1) is 27.2. The van der Waals surface area contributed by atoms with Crippen LogP contribution in [0, 0.1) is 5.82 Å². The lowest BCUT2D eigenvalue weighted by molar-refractivity contribution is 0.0539. The summed E-state index contributed by atoms with van der Waals surface area (Å²) in [7, 11) is 0. The van der Waals surface area contributed by atoms with Crippen LogP contribution >= 0.6 is 23.2 Å². The van der Waals surface area contributed by atoms with Crippen molar-refractivity contribution in [1.82, 2.24) is 34.5 Å². The van der Waals surface area contributed by atoms with Gasteiger partial charge in [0.15, 0.2) is 16.7 Å². The number of halogens is 3. The quantitative estimate of drug-likeness (QED) is 0.254. The monoisotopic (exact) mass is 598 g/mol. The second kappa shape index (κ2) is 11.5. The van der Waals surface area contributed by atoms with Gasteiger partial charge in [-0.05, 0) is 29.7 Å². The van der Waals surface area contributed by atoms with E-state index in [9.17, 15) is 14.0 Å². The van der Waals surface area contributed by atoms with Crippen LogP contribution in [0.4, 0.5) is 15.0 Å². The Morgan fingerprint density at radius 1 is 0.976 bits per heavy atom. The number of carbonyl (C=O) groups is 2. The number of piperazine rings is 1. The number of fused-ring (bicyclic) bond motifs is 2. The molecule has 1 aromatic carbocycles. The van der Waals surface area contributed by atoms with Crippen LogP contribution in [-0.4, -0.2) is 79.3 Å². The molecule has 0 unspecified atom stereocenters. The lowest BCUT2D eigenvalue weighted by Crippen LogP contribution is -2.50. The van der Waals surface area contributed by atoms with E-state index in [0.717, 1.165) is 11.3 Å². The van der Waals surface area contributed by atoms with Gasteiger partial charge in [0.2, 0.25) is 5.28 Å². The Hall–Kier alpha value is -4.03. The summed E-state index contributed by atoms with van der Waals surface area (Å²) in [4.78, 5) is 43.4. The molecule has 3 aromatic heterocycles. The maximum atomic E-state index is 14.6. The predicted molar refractivity (Wildman–Crippen MR) is 149 cm³/mol. The van der Waals surface area contributed by atoms with Crippen LogP contribution in [0.15, 0.2) is 42.6 Å². The van der Waals surface area contributed by atoms with Crippen molar-refractivity contribution in [3.8, 4) is 0 Å². The predicted octanol–water partition coefficient (Wildman–Crippen LogP) is 4.17. The van der Waals surface area contributed by atoms with Crippen LogP contribution in [0.1, 0.15) is 28.2 Å². The van der Waals surface area contributed by atoms with Gasteiger partial charge in [0.25, 0.3) is 5.91 Å². The molecule has 5 heterocycles. The number of nitrogens with zero attached hydrogens (tertiary/aromatic N) is 8. The molecule has 0 aliphatic carbocycles. The molecule has 2 amide bonds. The third-order valence-electron chi connectivity index (χ3n) is 7.16. The number of carbonyl (C=O) groups excluding carboxylic acids is 2. The first-order chi connectivity index (χ1) is 19.9. The molecule has 0 bridgehead atoms. The van der Waals surface area contributed by atoms with Gasteiger partial charge in [-0.25, -0.2) is 19.2 Å². The summed E-state index contributed by atoms with van der Waals surface area (Å²) in [5.41, 5.74) is 2.04. The second-order valence-electron chi connectivity index (χ2n) is 9.78. The minimum Gasteiger partial charge on any atom is -0.445 e. The number of pyridine rings is 1. The first-order valence-corrected chi connectivity index (χ1v) is 13.9. The third-order valence-corrected chi connectivity index (χ3v) is 7.59. The number of hydrogen-bond donors (Lipinski definition) is 0. The van der Waals surface area contributed by atoms with Crippen molar-refractivity contribution in [2.24, 2.45) is 0 Å². The maximum absolute atomic E-state index is 14.6. The van der Waals surface area contributed by atoms with Crippen LogP contribution in [0.2, 0.25) is 10.4 Å². The molecule has 1 fully saturated rings. The molecule has 4 aromatic rings. The van der Waals surface area contributed by atoms with E-state index in [2.05, 4.69) is 20.1 Å². The van der Waals surface area contributed by atoms with Crippen molar-refractivity contribution >= 4 is 51.9 Å². The van der Waals surface area contributed by atoms with E-state index in [-0.39, 0.29) is 28.5 Å². The van der Waals surface area contributed by atoms with Crippen molar-refractivity contribution in [2.45, 2.75) is 26.1 Å². The van der Waals surface area contributed by atoms with Gasteiger partial charge in [0, 0.05) is 45.5 Å². The summed E-state index contributed by atoms with van der Waals surface area (Å²) in [5, 5.41) is 4.57. The fourth-order valence-electron chi connectivity index (χ4n) is 5.05. The molecule has 2 aliphatic rings. The van der Waals surface area contributed by atoms with Gasteiger partial charge in [0.05, 0.1) is 17.6 Å². The van der Waals surface area contributed by atoms with Gasteiger partial charge in [-0.2, -0.15) is 10.1 Å². The zero-order valence-corrected chi connectivity index (χ0v) is 23.4. The summed E-state index contributed by atoms with van der Waals surface area (Å²) >= 11 is 12.0. The number of aromatic nitrogens is 5. The summed E-state index contributed by atoms with van der Waals surface area (Å²) < 4.78 is 21.9. The molecule has 14 heteroatoms. The number of amides is 2. The topological polar surface area (TPSA) is 110 Å². The van der Waals surface area contributed by atoms with E-state index in [0.29, 0.717) is 69.1 Å². The summed E-state index contributed by atoms with van der Waals surface area (Å²) in [5.74, 6) is -0.529. The van der Waals surface area contributed by atoms with Crippen molar-refractivity contribution < 1.29 is 18.7 Å². The van der Waals surface area contributed by atoms with E-state index in [1.54, 1.807) is 15.9 Å². The normalized spacial score (nSPS) is 15.5. The molecule has 0 atom stereocenters. The maximum Gasteiger partial charge on any atom is 0.410 e. The first-order valence-electron chi connectivity index (χ1n) is 13.1. The molecule has 0 N–H and O–H groups in total. The number of rotatable bonds is 4. The highest BCUT2D eigenvalue weighted by Crippen LogP contribution is 2.31. The lowest BCUT2D eigenvalue weighted by atomic mass is 10.2. The Bertz CT molecular complexity index is 1610. The van der Waals surface area contributed by atoms with Crippen LogP contribution in [-0.2, 0) is 24.4 Å². The lowest BCUT2D eigenvalue weighted by Gasteiger charge is -2.33. The van der Waals surface area contributed by atoms with Gasteiger partial charge >= 0.3 is 6.09 Å². The van der Waals surface area contributed by atoms with Gasteiger partial charge in [-0.15, -0.1) is 0 Å². The average Bonchev–Trinajstić information content (AvgIpc) is 3.29. The Balaban J connectivity index is 1.12. The zero-order chi connectivity index (χ0) is 28.5. The molecule has 212 valence electrons. The number of anilines is 1. The van der Waals surface area contributed by atoms with Gasteiger partial charge < -0.3 is 19.4 Å². The molecule has 11 nitrogen and oxygen atoms in total. The van der Waals surface area contributed by atoms with E-state index in [4.69, 9.17) is 27.9 Å². The molecule has 6 rings (SSSR count). The number of ether oxygens (including phenoxy) is 1. The van der Waals surface area contributed by atoms with Crippen LogP contribution in [0.3, 0.4) is 0 Å². The SMILES string of the molecule is O=C(OCc1ccccc1)N1CCN(C(=O)c2cc3n(n2)CCCN(c2nc(Cl)nc4c(F)c(Cl)ncc24)C3)CC1. The molecule has 0 spiro atoms. The van der Waals surface area contributed by atoms with Crippen molar-refractivity contribution in [2.75, 3.05) is 37.6 Å². The second-order valence-corrected chi connectivity index (χ2v) is 10.5. The molecule has 0 saturated carbocycles. The van der Waals surface area contributed by atoms with Crippen molar-refractivity contribution in [3.05, 3.63) is 75.8 Å². The smallest absolute Gasteiger partial charge is 0.410 e. The summed E-state index contributed by atoms with van der Waals surface area (Å²) in [6.45, 7) is 3.26. The molecular weight excluding hydrogens is 574 g/mol. The summed E-state index contributed by atoms with van der Waals surface area (Å²) in [6.07, 6.45) is 1.74. The fourth-order valence-corrected chi connectivity index (χ4v) is 5.35. The fraction of sp³-hybridized carbons (Fsp3) is 0.333. The molecular formula is C27H25Cl2FN8O3. The Morgan fingerprint density at radius 2 is 1.73 bits per heavy atom. The van der Waals surface area contributed by atoms with Gasteiger partial charge in [-0.3, -0.25) is 9.48 Å². The number of hydrogen-bond acceptors (Lipinski definition) is 8. The third kappa shape index (κ3) is 5.62. The Kier molecular flexibility index (Phi) is 7.59. The highest BCUT2D eigenvalue weighted by Gasteiger charge is 2.29. The molecule has 0 radical (unpaired) electrons. The van der Waals surface area contributed by atoms with Crippen molar-refractivity contribution in [3.63, 3.8) is 0 Å². The van der Waals surface area contributed by atoms with E-state index in [1.807, 2.05) is 39.9 Å². The van der Waals surface area contributed by atoms with Crippen LogP contribution < -0.4 is 4.90 Å². The average molecular weight is 599 g/mol. The highest BCUT2D eigenvalue weighted by molar-refractivity contribution is 6.30. The zero-order valence-electron chi connectivity index (χ0n) is 21.8. The largest absolute Gasteiger partial charge is 0.445 e. The Labute approximate surface area is 244 Å². The molecule has 2 aliphatic heterocycles. The number of benzene rings is 1. The molecule has 1 saturated heterocycles. The van der Waals surface area contributed by atoms with Crippen LogP contribution in [0.5, 0.6) is 0 Å². The number of aryl methyl sites for hydroxylation is 1. The summed E-state index contributed by atoms with van der Waals surface area (Å²) in [6, 6.07) is 11.2. The van der Waals surface area contributed by atoms with E-state index < -0.39 is 11.9 Å². The molecule has 41 heavy (non-hydrogen) atoms. The standard InChI is InChI=1S/C27H25Cl2FN8O3/c28-23-21(30)22-19(14-31-23)24(33-26(29)32-22)37-7-4-8-38-18(15-37)13-20(34-38)25(39)35-9-11-36(12-10-35)27(40)41-16-17-5-2-1-3-6-17/h1-3,5-6,13-14H,4,7-12,15-16H2. The minimum absolute atomic E-state index is 0.00305. The van der Waals surface area contributed by atoms with Crippen LogP contribution in [0.25, 0.3) is 10.9 Å². The van der Waals surface area contributed by atoms with Gasteiger partial charge in [-0.1, -0.05) is 41.9 Å². The van der Waals surface area contributed by atoms with Gasteiger partial charge in [0.1, 0.15) is 17.9 Å². The van der Waals surface area contributed by atoms with Crippen molar-refractivity contribution in [1.29, 1.82) is 0 Å². The Morgan fingerprint density at radius 3 is 2.51 bits per heavy atom. The highest BCUT2D eigenvalue weighted by atomic mass is 35.5. The van der Waals surface area contributed by atoms with E-state index >= 15 is 0 Å². The minimum atomic E-state index is -0.757.